The second kappa shape index (κ2) is 7.99. The van der Waals surface area contributed by atoms with Gasteiger partial charge >= 0.3 is 0 Å². The van der Waals surface area contributed by atoms with Crippen molar-refractivity contribution >= 4 is 34.5 Å². The zero-order valence-electron chi connectivity index (χ0n) is 12.2. The average Bonchev–Trinajstić information content (AvgIpc) is 2.53. The second-order valence-electron chi connectivity index (χ2n) is 4.54. The fourth-order valence-electron chi connectivity index (χ4n) is 1.89. The topological polar surface area (TPSA) is 35.5 Å². The standard InChI is InChI=1S/C17H13Cl2FO3/c1-22-16-9-11(6-8-17(19)21)5-7-15(16)23-10-12-13(18)3-2-4-14(12)20/h2-9H,10H2,1H3/b8-6+. The van der Waals surface area contributed by atoms with E-state index in [1.54, 1.807) is 30.3 Å². The summed E-state index contributed by atoms with van der Waals surface area (Å²) in [4.78, 5) is 10.7. The van der Waals surface area contributed by atoms with Crippen LogP contribution in [-0.4, -0.2) is 12.4 Å². The average molecular weight is 355 g/mol. The molecule has 0 fully saturated rings. The molecule has 0 aliphatic carbocycles. The van der Waals surface area contributed by atoms with Gasteiger partial charge in [-0.25, -0.2) is 4.39 Å². The van der Waals surface area contributed by atoms with Crippen LogP contribution in [0.2, 0.25) is 5.02 Å². The van der Waals surface area contributed by atoms with E-state index in [4.69, 9.17) is 32.7 Å². The zero-order valence-corrected chi connectivity index (χ0v) is 13.7. The molecule has 3 nitrogen and oxygen atoms in total. The molecule has 2 rings (SSSR count). The molecule has 2 aromatic rings. The molecule has 0 heterocycles. The Morgan fingerprint density at radius 2 is 2.04 bits per heavy atom. The third-order valence-electron chi connectivity index (χ3n) is 3.03. The Bertz CT molecular complexity index is 724. The number of carbonyl (C=O) groups excluding carboxylic acids is 1. The first kappa shape index (κ1) is 17.3. The van der Waals surface area contributed by atoms with Crippen LogP contribution in [0.5, 0.6) is 11.5 Å². The molecule has 0 bridgehead atoms. The van der Waals surface area contributed by atoms with E-state index in [0.717, 1.165) is 0 Å². The van der Waals surface area contributed by atoms with E-state index in [1.807, 2.05) is 0 Å². The SMILES string of the molecule is COc1cc(/C=C/C(=O)Cl)ccc1OCc1c(F)cccc1Cl. The number of hydrogen-bond acceptors (Lipinski definition) is 3. The normalized spacial score (nSPS) is 10.8. The summed E-state index contributed by atoms with van der Waals surface area (Å²) in [5.74, 6) is 0.444. The van der Waals surface area contributed by atoms with Crippen LogP contribution in [0.1, 0.15) is 11.1 Å². The van der Waals surface area contributed by atoms with Crippen molar-refractivity contribution in [2.75, 3.05) is 7.11 Å². The first-order chi connectivity index (χ1) is 11.0. The molecule has 0 unspecified atom stereocenters. The Morgan fingerprint density at radius 3 is 2.70 bits per heavy atom. The molecule has 0 radical (unpaired) electrons. The van der Waals surface area contributed by atoms with Gasteiger partial charge in [0, 0.05) is 5.56 Å². The van der Waals surface area contributed by atoms with Crippen molar-refractivity contribution in [3.8, 4) is 11.5 Å². The van der Waals surface area contributed by atoms with Crippen molar-refractivity contribution in [2.45, 2.75) is 6.61 Å². The molecular weight excluding hydrogens is 342 g/mol. The number of rotatable bonds is 6. The predicted octanol–water partition coefficient (Wildman–Crippen LogP) is 4.85. The van der Waals surface area contributed by atoms with Gasteiger partial charge in [-0.3, -0.25) is 4.79 Å². The molecule has 23 heavy (non-hydrogen) atoms. The van der Waals surface area contributed by atoms with Crippen molar-refractivity contribution in [3.63, 3.8) is 0 Å². The van der Waals surface area contributed by atoms with E-state index < -0.39 is 11.1 Å². The number of methoxy groups -OCH3 is 1. The summed E-state index contributed by atoms with van der Waals surface area (Å²) in [6.45, 7) is -0.0305. The fourth-order valence-corrected chi connectivity index (χ4v) is 2.17. The first-order valence-corrected chi connectivity index (χ1v) is 7.38. The third kappa shape index (κ3) is 4.71. The quantitative estimate of drug-likeness (QED) is 0.549. The van der Waals surface area contributed by atoms with Gasteiger partial charge in [0.25, 0.3) is 0 Å². The predicted molar refractivity (Wildman–Crippen MR) is 88.6 cm³/mol. The lowest BCUT2D eigenvalue weighted by molar-refractivity contribution is -0.107. The summed E-state index contributed by atoms with van der Waals surface area (Å²) in [6.07, 6.45) is 2.78. The van der Waals surface area contributed by atoms with Crippen molar-refractivity contribution in [1.82, 2.24) is 0 Å². The van der Waals surface area contributed by atoms with Crippen LogP contribution in [0.3, 0.4) is 0 Å². The summed E-state index contributed by atoms with van der Waals surface area (Å²) >= 11 is 11.2. The fraction of sp³-hybridized carbons (Fsp3) is 0.118. The molecule has 0 saturated heterocycles. The van der Waals surface area contributed by atoms with Gasteiger partial charge in [-0.15, -0.1) is 0 Å². The third-order valence-corrected chi connectivity index (χ3v) is 3.51. The van der Waals surface area contributed by atoms with E-state index >= 15 is 0 Å². The highest BCUT2D eigenvalue weighted by Gasteiger charge is 2.10. The minimum Gasteiger partial charge on any atom is -0.493 e. The second-order valence-corrected chi connectivity index (χ2v) is 5.32. The zero-order chi connectivity index (χ0) is 16.8. The summed E-state index contributed by atoms with van der Waals surface area (Å²) in [7, 11) is 1.48. The molecule has 120 valence electrons. The lowest BCUT2D eigenvalue weighted by atomic mass is 10.2. The Morgan fingerprint density at radius 1 is 1.26 bits per heavy atom. The van der Waals surface area contributed by atoms with Crippen LogP contribution >= 0.6 is 23.2 Å². The Hall–Kier alpha value is -2.04. The van der Waals surface area contributed by atoms with Crippen LogP contribution in [0.4, 0.5) is 4.39 Å². The summed E-state index contributed by atoms with van der Waals surface area (Å²) < 4.78 is 24.6. The molecular formula is C17H13Cl2FO3. The van der Waals surface area contributed by atoms with E-state index in [1.165, 1.54) is 25.3 Å². The summed E-state index contributed by atoms with van der Waals surface area (Å²) in [5.41, 5.74) is 0.986. The summed E-state index contributed by atoms with van der Waals surface area (Å²) in [6, 6.07) is 9.50. The van der Waals surface area contributed by atoms with E-state index in [2.05, 4.69) is 0 Å². The molecule has 0 spiro atoms. The molecule has 0 saturated carbocycles. The van der Waals surface area contributed by atoms with Gasteiger partial charge in [-0.05, 0) is 47.5 Å². The molecule has 0 aromatic heterocycles. The lowest BCUT2D eigenvalue weighted by Crippen LogP contribution is -2.01. The van der Waals surface area contributed by atoms with E-state index in [-0.39, 0.29) is 12.2 Å². The maximum atomic E-state index is 13.7. The molecule has 0 atom stereocenters. The number of allylic oxidation sites excluding steroid dienone is 1. The minimum absolute atomic E-state index is 0.0305. The van der Waals surface area contributed by atoms with Crippen LogP contribution in [0.15, 0.2) is 42.5 Å². The van der Waals surface area contributed by atoms with Gasteiger partial charge in [-0.2, -0.15) is 0 Å². The van der Waals surface area contributed by atoms with Gasteiger partial charge < -0.3 is 9.47 Å². The van der Waals surface area contributed by atoms with Crippen LogP contribution < -0.4 is 9.47 Å². The minimum atomic E-state index is -0.571. The van der Waals surface area contributed by atoms with Gasteiger partial charge in [-0.1, -0.05) is 29.8 Å². The lowest BCUT2D eigenvalue weighted by Gasteiger charge is -2.12. The summed E-state index contributed by atoms with van der Waals surface area (Å²) in [5, 5.41) is -0.275. The maximum Gasteiger partial charge on any atom is 0.245 e. The highest BCUT2D eigenvalue weighted by atomic mass is 35.5. The Labute approximate surface area is 143 Å². The van der Waals surface area contributed by atoms with E-state index in [0.29, 0.717) is 22.1 Å². The van der Waals surface area contributed by atoms with Gasteiger partial charge in [0.1, 0.15) is 12.4 Å². The van der Waals surface area contributed by atoms with Crippen LogP contribution in [0, 0.1) is 5.82 Å². The molecule has 0 N–H and O–H groups in total. The van der Waals surface area contributed by atoms with Crippen LogP contribution in [0.25, 0.3) is 6.08 Å². The number of hydrogen-bond donors (Lipinski definition) is 0. The highest BCUT2D eigenvalue weighted by molar-refractivity contribution is 6.66. The van der Waals surface area contributed by atoms with Crippen molar-refractivity contribution < 1.29 is 18.7 Å². The van der Waals surface area contributed by atoms with Gasteiger partial charge in [0.15, 0.2) is 11.5 Å². The molecule has 0 amide bonds. The maximum absolute atomic E-state index is 13.7. The van der Waals surface area contributed by atoms with Crippen molar-refractivity contribution in [2.24, 2.45) is 0 Å². The van der Waals surface area contributed by atoms with Crippen molar-refractivity contribution in [1.29, 1.82) is 0 Å². The number of halogens is 3. The van der Waals surface area contributed by atoms with Gasteiger partial charge in [0.05, 0.1) is 12.1 Å². The Balaban J connectivity index is 2.18. The highest BCUT2D eigenvalue weighted by Crippen LogP contribution is 2.30. The number of ether oxygens (including phenoxy) is 2. The number of benzene rings is 2. The molecule has 6 heteroatoms. The molecule has 0 aliphatic rings. The Kier molecular flexibility index (Phi) is 6.02. The van der Waals surface area contributed by atoms with Crippen LogP contribution in [-0.2, 0) is 11.4 Å². The monoisotopic (exact) mass is 354 g/mol. The van der Waals surface area contributed by atoms with E-state index in [9.17, 15) is 9.18 Å². The largest absolute Gasteiger partial charge is 0.493 e. The first-order valence-electron chi connectivity index (χ1n) is 6.62. The number of carbonyl (C=O) groups is 1. The molecule has 2 aromatic carbocycles. The van der Waals surface area contributed by atoms with Crippen molar-refractivity contribution in [3.05, 3.63) is 64.4 Å². The molecule has 0 aliphatic heterocycles. The smallest absolute Gasteiger partial charge is 0.245 e. The van der Waals surface area contributed by atoms with Gasteiger partial charge in [0.2, 0.25) is 5.24 Å².